The van der Waals surface area contributed by atoms with E-state index in [1.54, 1.807) is 6.07 Å². The average Bonchev–Trinajstić information content (AvgIpc) is 3.64. The van der Waals surface area contributed by atoms with E-state index < -0.39 is 71.4 Å². The Morgan fingerprint density at radius 2 is 1.47 bits per heavy atom. The van der Waals surface area contributed by atoms with Crippen molar-refractivity contribution < 1.29 is 50.9 Å². The number of imide groups is 1. The van der Waals surface area contributed by atoms with Crippen molar-refractivity contribution in [2.45, 2.75) is 37.7 Å². The van der Waals surface area contributed by atoms with Crippen molar-refractivity contribution in [2.75, 3.05) is 18.1 Å². The molecule has 2 heterocycles. The maximum Gasteiger partial charge on any atom is 0.416 e. The second-order valence-electron chi connectivity index (χ2n) is 13.1. The molecule has 7 rings (SSSR count). The van der Waals surface area contributed by atoms with Crippen LogP contribution in [0.5, 0.6) is 5.75 Å². The smallest absolute Gasteiger partial charge is 0.416 e. The van der Waals surface area contributed by atoms with Crippen LogP contribution in [-0.2, 0) is 26.7 Å². The number of phenolic OH excluding ortho intramolecular Hbond substituents is 1. The third-order valence-electron chi connectivity index (χ3n) is 10.1. The Bertz CT molecular complexity index is 2060. The molecule has 2 N–H and O–H groups in total. The van der Waals surface area contributed by atoms with Crippen LogP contribution in [0.1, 0.15) is 41.5 Å². The first-order valence-electron chi connectivity index (χ1n) is 16.3. The molecular formula is C39H31F6NO5. The molecule has 0 bridgehead atoms. The largest absolute Gasteiger partial charge is 0.507 e. The number of ether oxygens (including phenoxy) is 1. The maximum atomic E-state index is 13.9. The van der Waals surface area contributed by atoms with Crippen LogP contribution < -0.4 is 4.90 Å². The van der Waals surface area contributed by atoms with Crippen molar-refractivity contribution in [2.24, 2.45) is 17.8 Å². The molecule has 3 aliphatic rings. The van der Waals surface area contributed by atoms with Gasteiger partial charge >= 0.3 is 12.4 Å². The minimum absolute atomic E-state index is 0.0130. The number of nitrogens with zero attached hydrogens (tertiary/aromatic N) is 1. The van der Waals surface area contributed by atoms with Gasteiger partial charge in [0, 0.05) is 11.3 Å². The molecule has 2 saturated heterocycles. The zero-order chi connectivity index (χ0) is 36.2. The van der Waals surface area contributed by atoms with E-state index >= 15 is 0 Å². The predicted octanol–water partition coefficient (Wildman–Crippen LogP) is 8.42. The molecule has 4 aromatic rings. The number of halogens is 6. The maximum absolute atomic E-state index is 13.9. The lowest BCUT2D eigenvalue weighted by atomic mass is 9.69. The first-order chi connectivity index (χ1) is 24.3. The Balaban J connectivity index is 1.19. The number of rotatable bonds is 7. The van der Waals surface area contributed by atoms with Gasteiger partial charge in [0.15, 0.2) is 0 Å². The number of aliphatic hydroxyl groups excluding tert-OH is 1. The fraction of sp³-hybridized carbons (Fsp3) is 0.282. The number of allylic oxidation sites excluding steroid dienone is 1. The van der Waals surface area contributed by atoms with Gasteiger partial charge in [-0.3, -0.25) is 9.59 Å². The number of anilines is 1. The van der Waals surface area contributed by atoms with Gasteiger partial charge in [-0.1, -0.05) is 66.7 Å². The molecule has 0 radical (unpaired) electrons. The molecule has 0 spiro atoms. The Morgan fingerprint density at radius 3 is 2.12 bits per heavy atom. The van der Waals surface area contributed by atoms with Crippen molar-refractivity contribution in [1.29, 1.82) is 0 Å². The van der Waals surface area contributed by atoms with Gasteiger partial charge in [0.25, 0.3) is 0 Å². The highest BCUT2D eigenvalue weighted by atomic mass is 19.4. The molecule has 6 nitrogen and oxygen atoms in total. The summed E-state index contributed by atoms with van der Waals surface area (Å²) in [5.74, 6) is -4.52. The van der Waals surface area contributed by atoms with E-state index in [1.807, 2.05) is 66.7 Å². The number of carbonyl (C=O) groups excluding carboxylic acids is 2. The van der Waals surface area contributed by atoms with E-state index in [0.717, 1.165) is 22.1 Å². The minimum Gasteiger partial charge on any atom is -0.507 e. The monoisotopic (exact) mass is 707 g/mol. The Hall–Kier alpha value is -4.94. The van der Waals surface area contributed by atoms with Crippen molar-refractivity contribution in [3.05, 3.63) is 118 Å². The topological polar surface area (TPSA) is 87.1 Å². The van der Waals surface area contributed by atoms with Gasteiger partial charge < -0.3 is 14.9 Å². The van der Waals surface area contributed by atoms with E-state index in [2.05, 4.69) is 0 Å². The molecule has 51 heavy (non-hydrogen) atoms. The molecular weight excluding hydrogens is 676 g/mol. The van der Waals surface area contributed by atoms with Gasteiger partial charge in [0.2, 0.25) is 11.8 Å². The molecule has 0 aromatic heterocycles. The van der Waals surface area contributed by atoms with Crippen LogP contribution in [0.15, 0.2) is 96.1 Å². The number of alkyl halides is 6. The fourth-order valence-electron chi connectivity index (χ4n) is 7.80. The van der Waals surface area contributed by atoms with Gasteiger partial charge in [0.05, 0.1) is 48.0 Å². The number of benzene rings is 4. The Kier molecular flexibility index (Phi) is 8.79. The Morgan fingerprint density at radius 1 is 0.824 bits per heavy atom. The average molecular weight is 708 g/mol. The highest BCUT2D eigenvalue weighted by Crippen LogP contribution is 2.51. The number of hydrogen-bond acceptors (Lipinski definition) is 5. The number of amides is 2. The van der Waals surface area contributed by atoms with Crippen LogP contribution in [0, 0.1) is 17.8 Å². The molecule has 264 valence electrons. The molecule has 2 aliphatic heterocycles. The quantitative estimate of drug-likeness (QED) is 0.0872. The number of aromatic hydroxyl groups is 1. The van der Waals surface area contributed by atoms with Crippen LogP contribution in [0.2, 0.25) is 0 Å². The van der Waals surface area contributed by atoms with E-state index in [9.17, 15) is 46.1 Å². The van der Waals surface area contributed by atoms with Crippen LogP contribution in [-0.4, -0.2) is 41.3 Å². The van der Waals surface area contributed by atoms with E-state index in [0.29, 0.717) is 46.4 Å². The van der Waals surface area contributed by atoms with Crippen LogP contribution >= 0.6 is 0 Å². The number of carbonyl (C=O) groups is 2. The van der Waals surface area contributed by atoms with Crippen LogP contribution in [0.25, 0.3) is 22.4 Å². The molecule has 12 heteroatoms. The first-order valence-corrected chi connectivity index (χ1v) is 16.3. The lowest BCUT2D eigenvalue weighted by Crippen LogP contribution is -2.35. The molecule has 0 saturated carbocycles. The first kappa shape index (κ1) is 34.5. The zero-order valence-corrected chi connectivity index (χ0v) is 26.8. The van der Waals surface area contributed by atoms with E-state index in [-0.39, 0.29) is 24.8 Å². The summed E-state index contributed by atoms with van der Waals surface area (Å²) in [7, 11) is 0. The normalized spacial score (nSPS) is 22.6. The zero-order valence-electron chi connectivity index (χ0n) is 26.8. The fourth-order valence-corrected chi connectivity index (χ4v) is 7.80. The summed E-state index contributed by atoms with van der Waals surface area (Å²) in [5.41, 5.74) is -0.192. The molecule has 4 aromatic carbocycles. The van der Waals surface area contributed by atoms with Gasteiger partial charge in [-0.2, -0.15) is 26.3 Å². The number of fused-ring (bicyclic) bond motifs is 4. The van der Waals surface area contributed by atoms with Crippen LogP contribution in [0.3, 0.4) is 0 Å². The number of aliphatic hydroxyl groups is 1. The third kappa shape index (κ3) is 6.31. The van der Waals surface area contributed by atoms with Crippen molar-refractivity contribution in [3.8, 4) is 5.75 Å². The summed E-state index contributed by atoms with van der Waals surface area (Å²) in [5, 5.41) is 22.4. The van der Waals surface area contributed by atoms with Gasteiger partial charge in [-0.15, -0.1) is 0 Å². The second kappa shape index (κ2) is 13.0. The summed E-state index contributed by atoms with van der Waals surface area (Å²) < 4.78 is 88.1. The second-order valence-corrected chi connectivity index (χ2v) is 13.1. The van der Waals surface area contributed by atoms with Crippen molar-refractivity contribution in [3.63, 3.8) is 0 Å². The summed E-state index contributed by atoms with van der Waals surface area (Å²) in [6.07, 6.45) is -8.05. The number of phenols is 1. The predicted molar refractivity (Wildman–Crippen MR) is 177 cm³/mol. The molecule has 0 unspecified atom stereocenters. The van der Waals surface area contributed by atoms with Gasteiger partial charge in [-0.05, 0) is 76.8 Å². The summed E-state index contributed by atoms with van der Waals surface area (Å²) in [6.45, 7) is -0.472. The molecule has 2 amide bonds. The molecule has 1 aliphatic carbocycles. The minimum atomic E-state index is -5.16. The van der Waals surface area contributed by atoms with Crippen molar-refractivity contribution >= 4 is 39.9 Å². The molecule has 4 atom stereocenters. The highest BCUT2D eigenvalue weighted by molar-refractivity contribution is 6.22. The summed E-state index contributed by atoms with van der Waals surface area (Å²) >= 11 is 0. The highest BCUT2D eigenvalue weighted by Gasteiger charge is 2.57. The van der Waals surface area contributed by atoms with Crippen LogP contribution in [0.4, 0.5) is 32.0 Å². The van der Waals surface area contributed by atoms with E-state index in [1.165, 1.54) is 0 Å². The standard InChI is InChI=1S/C39H31F6NO5/c40-38(41,42)25-16-26(39(43,44)45)18-27(17-25)46-36(49)30-15-24(19-47)34-31(35(30)37(46)50)20-51-33(34)13-11-22(21-6-2-1-3-7-21)14-23-10-12-32(48)29-9-5-4-8-28(23)29/h1-10,12,14,16-18,30-31,33,35,47-48H,11,13,15,19-20H2/b22-14-/t30-,31+,33-,35-/m1/s1. The lowest BCUT2D eigenvalue weighted by Gasteiger charge is -2.31. The summed E-state index contributed by atoms with van der Waals surface area (Å²) in [6, 6.07) is 21.3. The Labute approximate surface area is 288 Å². The SMILES string of the molecule is O=C1[C@@H]2[C@@H](CC(CO)=C3[C@@H](CC/C(=C/c4ccc(O)c5ccccc45)c4ccccc4)OC[C@@H]32)C(=O)N1c1cc(C(F)(F)F)cc(C(F)(F)F)c1. The molecule has 2 fully saturated rings. The number of hydrogen-bond donors (Lipinski definition) is 2. The third-order valence-corrected chi connectivity index (χ3v) is 10.1. The summed E-state index contributed by atoms with van der Waals surface area (Å²) in [4.78, 5) is 27.9. The van der Waals surface area contributed by atoms with Gasteiger partial charge in [-0.25, -0.2) is 4.90 Å². The van der Waals surface area contributed by atoms with E-state index in [4.69, 9.17) is 4.74 Å². The van der Waals surface area contributed by atoms with Crippen molar-refractivity contribution in [1.82, 2.24) is 0 Å². The van der Waals surface area contributed by atoms with Gasteiger partial charge in [0.1, 0.15) is 5.75 Å². The lowest BCUT2D eigenvalue weighted by molar-refractivity contribution is -0.143.